The summed E-state index contributed by atoms with van der Waals surface area (Å²) in [7, 11) is 1.94. The predicted octanol–water partition coefficient (Wildman–Crippen LogP) is 4.71. The van der Waals surface area contributed by atoms with Crippen molar-refractivity contribution in [1.82, 2.24) is 9.78 Å². The lowest BCUT2D eigenvalue weighted by Crippen LogP contribution is -2.33. The summed E-state index contributed by atoms with van der Waals surface area (Å²) in [5.74, 6) is 0.0292. The molecule has 0 saturated carbocycles. The van der Waals surface area contributed by atoms with E-state index in [2.05, 4.69) is 42.5 Å². The lowest BCUT2D eigenvalue weighted by molar-refractivity contribution is -0.118. The summed E-state index contributed by atoms with van der Waals surface area (Å²) in [6.45, 7) is 4.29. The average molecular weight is 388 g/mol. The van der Waals surface area contributed by atoms with E-state index in [9.17, 15) is 10.1 Å². The minimum atomic E-state index is -0.166. The highest BCUT2D eigenvalue weighted by Crippen LogP contribution is 2.51. The number of nitriles is 1. The van der Waals surface area contributed by atoms with Crippen LogP contribution in [0.25, 0.3) is 10.9 Å². The number of allylic oxidation sites excluding steroid dienone is 2. The number of thiophene rings is 1. The van der Waals surface area contributed by atoms with E-state index < -0.39 is 0 Å². The molecule has 0 spiro atoms. The number of benzene rings is 1. The van der Waals surface area contributed by atoms with Crippen molar-refractivity contribution in [2.75, 3.05) is 5.32 Å². The molecule has 0 bridgehead atoms. The van der Waals surface area contributed by atoms with Gasteiger partial charge in [-0.05, 0) is 36.1 Å². The van der Waals surface area contributed by atoms with Crippen molar-refractivity contribution in [2.24, 2.45) is 12.5 Å². The number of aromatic nitrogens is 2. The van der Waals surface area contributed by atoms with Crippen LogP contribution in [0.2, 0.25) is 0 Å². The number of carbonyl (C=O) groups excluding carboxylic acids is 1. The minimum Gasteiger partial charge on any atom is -0.358 e. The first-order chi connectivity index (χ1) is 13.4. The van der Waals surface area contributed by atoms with Gasteiger partial charge in [-0.1, -0.05) is 13.8 Å². The van der Waals surface area contributed by atoms with Crippen molar-refractivity contribution < 1.29 is 4.79 Å². The van der Waals surface area contributed by atoms with E-state index in [0.29, 0.717) is 11.3 Å². The lowest BCUT2D eigenvalue weighted by Gasteiger charge is -2.39. The van der Waals surface area contributed by atoms with E-state index in [-0.39, 0.29) is 17.1 Å². The molecule has 1 aromatic carbocycles. The van der Waals surface area contributed by atoms with Crippen molar-refractivity contribution in [3.8, 4) is 6.07 Å². The van der Waals surface area contributed by atoms with Gasteiger partial charge in [-0.3, -0.25) is 9.48 Å². The fraction of sp³-hybridized carbons (Fsp3) is 0.318. The Morgan fingerprint density at radius 2 is 2.11 bits per heavy atom. The molecule has 6 heteroatoms. The van der Waals surface area contributed by atoms with Gasteiger partial charge in [-0.25, -0.2) is 0 Å². The van der Waals surface area contributed by atoms with Gasteiger partial charge in [0.1, 0.15) is 10.9 Å². The van der Waals surface area contributed by atoms with Crippen LogP contribution < -0.4 is 5.32 Å². The molecule has 5 rings (SSSR count). The summed E-state index contributed by atoms with van der Waals surface area (Å²) in [6, 6.07) is 10.2. The summed E-state index contributed by atoms with van der Waals surface area (Å²) in [5, 5.41) is 18.4. The van der Waals surface area contributed by atoms with Crippen molar-refractivity contribution in [3.05, 3.63) is 57.1 Å². The second-order valence-corrected chi connectivity index (χ2v) is 9.55. The Hall–Kier alpha value is -2.91. The highest BCUT2D eigenvalue weighted by Gasteiger charge is 2.42. The molecule has 28 heavy (non-hydrogen) atoms. The van der Waals surface area contributed by atoms with Crippen LogP contribution in [0, 0.1) is 16.7 Å². The molecule has 0 fully saturated rings. The zero-order valence-electron chi connectivity index (χ0n) is 16.0. The fourth-order valence-electron chi connectivity index (χ4n) is 4.64. The molecule has 1 aliphatic heterocycles. The molecule has 2 aliphatic rings. The van der Waals surface area contributed by atoms with E-state index in [1.807, 2.05) is 30.1 Å². The second-order valence-electron chi connectivity index (χ2n) is 8.44. The van der Waals surface area contributed by atoms with Gasteiger partial charge in [0.15, 0.2) is 5.78 Å². The number of hydrogen-bond acceptors (Lipinski definition) is 5. The van der Waals surface area contributed by atoms with Crippen LogP contribution in [0.4, 0.5) is 5.69 Å². The first kappa shape index (κ1) is 17.2. The number of aryl methyl sites for hydroxylation is 1. The summed E-state index contributed by atoms with van der Waals surface area (Å²) < 4.78 is 1.88. The normalized spacial score (nSPS) is 20.5. The van der Waals surface area contributed by atoms with Crippen LogP contribution in [0.15, 0.2) is 41.7 Å². The van der Waals surface area contributed by atoms with Crippen molar-refractivity contribution >= 4 is 33.7 Å². The van der Waals surface area contributed by atoms with Crippen LogP contribution in [0.5, 0.6) is 0 Å². The first-order valence-corrected chi connectivity index (χ1v) is 10.2. The Bertz CT molecular complexity index is 1220. The molecule has 1 unspecified atom stereocenters. The van der Waals surface area contributed by atoms with Gasteiger partial charge in [-0.2, -0.15) is 10.4 Å². The number of anilines is 1. The maximum absolute atomic E-state index is 13.3. The molecule has 1 N–H and O–H groups in total. The van der Waals surface area contributed by atoms with Gasteiger partial charge < -0.3 is 5.32 Å². The van der Waals surface area contributed by atoms with Crippen LogP contribution in [-0.4, -0.2) is 15.6 Å². The first-order valence-electron chi connectivity index (χ1n) is 9.36. The Labute approximate surface area is 167 Å². The van der Waals surface area contributed by atoms with Crippen LogP contribution in [-0.2, 0) is 11.8 Å². The van der Waals surface area contributed by atoms with E-state index in [1.54, 1.807) is 0 Å². The number of fused-ring (bicyclic) bond motifs is 3. The third-order valence-electron chi connectivity index (χ3n) is 5.75. The average Bonchev–Trinajstić information content (AvgIpc) is 3.25. The van der Waals surface area contributed by atoms with Gasteiger partial charge >= 0.3 is 0 Å². The molecule has 2 aromatic heterocycles. The van der Waals surface area contributed by atoms with Gasteiger partial charge in [0, 0.05) is 46.3 Å². The summed E-state index contributed by atoms with van der Waals surface area (Å²) in [6.07, 6.45) is 3.23. The lowest BCUT2D eigenvalue weighted by atomic mass is 9.69. The topological polar surface area (TPSA) is 70.7 Å². The SMILES string of the molecule is Cn1ncc2ccc3c(c21)C(c1ccc(C#N)s1)C1=C(CC(C)(C)CC1=O)N3. The van der Waals surface area contributed by atoms with Crippen molar-refractivity contribution in [1.29, 1.82) is 5.26 Å². The monoisotopic (exact) mass is 388 g/mol. The van der Waals surface area contributed by atoms with Gasteiger partial charge in [0.25, 0.3) is 0 Å². The predicted molar refractivity (Wildman–Crippen MR) is 110 cm³/mol. The largest absolute Gasteiger partial charge is 0.358 e. The molecule has 1 aliphatic carbocycles. The second kappa shape index (κ2) is 5.79. The van der Waals surface area contributed by atoms with Crippen LogP contribution in [0.1, 0.15) is 47.9 Å². The van der Waals surface area contributed by atoms with E-state index >= 15 is 0 Å². The van der Waals surface area contributed by atoms with Crippen molar-refractivity contribution in [3.63, 3.8) is 0 Å². The maximum Gasteiger partial charge on any atom is 0.162 e. The Morgan fingerprint density at radius 1 is 1.29 bits per heavy atom. The standard InChI is InChI=1S/C22H20N4OS/c1-22(2)8-15-18(16(27)9-22)20(17-7-5-13(10-23)28-17)19-14(25-15)6-4-12-11-24-26(3)21(12)19/h4-7,11,20,25H,8-9H2,1-3H3. The Kier molecular flexibility index (Phi) is 3.56. The molecule has 0 saturated heterocycles. The number of ketones is 1. The molecule has 140 valence electrons. The molecular weight excluding hydrogens is 368 g/mol. The van der Waals surface area contributed by atoms with E-state index in [4.69, 9.17) is 0 Å². The zero-order valence-corrected chi connectivity index (χ0v) is 16.9. The highest BCUT2D eigenvalue weighted by atomic mass is 32.1. The van der Waals surface area contributed by atoms with Gasteiger partial charge in [0.05, 0.1) is 17.6 Å². The van der Waals surface area contributed by atoms with Crippen LogP contribution in [0.3, 0.4) is 0 Å². The number of carbonyl (C=O) groups is 1. The fourth-order valence-corrected chi connectivity index (χ4v) is 5.56. The number of nitrogens with one attached hydrogen (secondary N) is 1. The Balaban J connectivity index is 1.83. The molecular formula is C22H20N4OS. The summed E-state index contributed by atoms with van der Waals surface area (Å²) in [5.41, 5.74) is 4.95. The van der Waals surface area contributed by atoms with E-state index in [1.165, 1.54) is 11.3 Å². The van der Waals surface area contributed by atoms with Gasteiger partial charge in [-0.15, -0.1) is 11.3 Å². The van der Waals surface area contributed by atoms with Crippen molar-refractivity contribution in [2.45, 2.75) is 32.6 Å². The minimum absolute atomic E-state index is 0.0607. The van der Waals surface area contributed by atoms with Crippen LogP contribution >= 0.6 is 11.3 Å². The number of hydrogen-bond donors (Lipinski definition) is 1. The summed E-state index contributed by atoms with van der Waals surface area (Å²) in [4.78, 5) is 15.0. The van der Waals surface area contributed by atoms with Gasteiger partial charge in [0.2, 0.25) is 0 Å². The molecule has 0 amide bonds. The number of rotatable bonds is 1. The molecule has 5 nitrogen and oxygen atoms in total. The zero-order chi connectivity index (χ0) is 19.6. The van der Waals surface area contributed by atoms with E-state index in [0.717, 1.165) is 44.7 Å². The smallest absolute Gasteiger partial charge is 0.162 e. The highest BCUT2D eigenvalue weighted by molar-refractivity contribution is 7.12. The quantitative estimate of drug-likeness (QED) is 0.655. The molecule has 1 atom stereocenters. The molecule has 3 aromatic rings. The molecule has 3 heterocycles. The number of Topliss-reactive ketones (excluding diaryl/α,β-unsaturated/α-hetero) is 1. The Morgan fingerprint density at radius 3 is 2.86 bits per heavy atom. The molecule has 0 radical (unpaired) electrons. The number of nitrogens with zero attached hydrogens (tertiary/aromatic N) is 3. The summed E-state index contributed by atoms with van der Waals surface area (Å²) >= 11 is 1.47. The maximum atomic E-state index is 13.3. The third-order valence-corrected chi connectivity index (χ3v) is 6.80. The third kappa shape index (κ3) is 2.43.